The first kappa shape index (κ1) is 74.4. The second kappa shape index (κ2) is 33.2. The van der Waals surface area contributed by atoms with Crippen LogP contribution in [-0.4, -0.2) is 232 Å². The molecule has 8 N–H and O–H groups in total. The highest BCUT2D eigenvalue weighted by atomic mass is 32.1. The second-order valence-corrected chi connectivity index (χ2v) is 28.1. The first-order valence-corrected chi connectivity index (χ1v) is 35.4. The number of aliphatic carboxylic acids is 1. The molecule has 7 aliphatic rings. The number of carbonyl (C=O) groups is 8. The normalized spacial score (nSPS) is 23.1. The zero-order valence-electron chi connectivity index (χ0n) is 57.5. The molecule has 7 atom stereocenters. The first-order valence-electron chi connectivity index (χ1n) is 34.6. The van der Waals surface area contributed by atoms with Crippen molar-refractivity contribution in [2.75, 3.05) is 108 Å². The van der Waals surface area contributed by atoms with Gasteiger partial charge in [0, 0.05) is 80.7 Å². The van der Waals surface area contributed by atoms with E-state index in [9.17, 15) is 63.9 Å². The molecule has 0 radical (unpaired) electrons. The predicted octanol–water partition coefficient (Wildman–Crippen LogP) is 4.71. The second-order valence-electron chi connectivity index (χ2n) is 27.1. The molecule has 4 saturated carbocycles. The molecule has 13 rings (SSSR count). The van der Waals surface area contributed by atoms with Crippen molar-refractivity contribution in [3.63, 3.8) is 0 Å². The van der Waals surface area contributed by atoms with Gasteiger partial charge in [-0.05, 0) is 128 Å². The number of carboxylic acid groups (broad SMARTS) is 2. The van der Waals surface area contributed by atoms with E-state index in [0.717, 1.165) is 64.0 Å². The predicted molar refractivity (Wildman–Crippen MR) is 371 cm³/mol. The number of rotatable bonds is 34. The number of aromatic carboxylic acids is 1. The topological polar surface area (TPSA) is 401 Å². The summed E-state index contributed by atoms with van der Waals surface area (Å²) in [6.07, 6.45) is 0.178. The molecular formula is C72H84N10O21S. The Morgan fingerprint density at radius 1 is 0.779 bits per heavy atom. The number of para-hydroxylation sites is 1. The van der Waals surface area contributed by atoms with Gasteiger partial charge in [0.25, 0.3) is 17.7 Å². The van der Waals surface area contributed by atoms with Gasteiger partial charge in [-0.1, -0.05) is 41.7 Å². The van der Waals surface area contributed by atoms with Crippen LogP contribution in [0.25, 0.3) is 21.3 Å². The number of carboxylic acids is 2. The van der Waals surface area contributed by atoms with Gasteiger partial charge in [0.1, 0.15) is 43.1 Å². The molecule has 32 heteroatoms. The lowest BCUT2D eigenvalue weighted by atomic mass is 9.48. The van der Waals surface area contributed by atoms with Crippen molar-refractivity contribution in [3.05, 3.63) is 125 Å². The molecular weight excluding hydrogens is 1370 g/mol. The SMILES string of the molecule is Cc1c(-c2ccc(N3CCc4cccc(C(=O)Nc5nc6ccccc6s5)c4C3)nc2C(=O)O)cnn1CC12CC3CC(C1)CC(OCCOCCOCCN(C)C(=O)OCc1ccc(O[C@@H]4O[C@H](C(=O)O)[C@@H](O)[C@H](O)[C@H]4O)c(NC(=O)CCNC(=O)COCCOCCN4C(=O)C=CC4=O)c1)(C3)C2. The van der Waals surface area contributed by atoms with E-state index in [0.29, 0.717) is 84.3 Å². The van der Waals surface area contributed by atoms with Gasteiger partial charge in [-0.2, -0.15) is 5.10 Å². The van der Waals surface area contributed by atoms with Crippen molar-refractivity contribution in [2.45, 2.75) is 114 Å². The van der Waals surface area contributed by atoms with Crippen LogP contribution < -0.4 is 25.6 Å². The fourth-order valence-corrected chi connectivity index (χ4v) is 16.0. The van der Waals surface area contributed by atoms with E-state index in [1.807, 2.05) is 65.0 Å². The third-order valence-corrected chi connectivity index (χ3v) is 20.7. The number of hydrogen-bond acceptors (Lipinski definition) is 24. The number of thiazole rings is 1. The maximum Gasteiger partial charge on any atom is 0.409 e. The molecule has 1 saturated heterocycles. The number of amides is 6. The fraction of sp³-hybridized carbons (Fsp3) is 0.486. The Balaban J connectivity index is 0.569. The summed E-state index contributed by atoms with van der Waals surface area (Å²) in [7, 11) is 1.53. The van der Waals surface area contributed by atoms with Crippen molar-refractivity contribution in [1.29, 1.82) is 0 Å². The summed E-state index contributed by atoms with van der Waals surface area (Å²) in [5.41, 5.74) is 5.18. The van der Waals surface area contributed by atoms with Crippen LogP contribution in [0.4, 0.5) is 21.4 Å². The number of anilines is 3. The molecule has 554 valence electrons. The van der Waals surface area contributed by atoms with E-state index in [4.69, 9.17) is 48.0 Å². The Labute approximate surface area is 601 Å². The number of carbonyl (C=O) groups excluding carboxylic acids is 6. The third kappa shape index (κ3) is 17.7. The number of aliphatic hydroxyl groups is 3. The lowest BCUT2D eigenvalue weighted by Gasteiger charge is -2.61. The minimum atomic E-state index is -1.99. The molecule has 31 nitrogen and oxygen atoms in total. The van der Waals surface area contributed by atoms with Gasteiger partial charge in [-0.25, -0.2) is 24.4 Å². The van der Waals surface area contributed by atoms with Crippen molar-refractivity contribution in [3.8, 4) is 16.9 Å². The number of fused-ring (bicyclic) bond motifs is 2. The monoisotopic (exact) mass is 1460 g/mol. The Kier molecular flexibility index (Phi) is 23.7. The zero-order valence-corrected chi connectivity index (χ0v) is 58.3. The van der Waals surface area contributed by atoms with Gasteiger partial charge in [-0.15, -0.1) is 0 Å². The van der Waals surface area contributed by atoms with Crippen LogP contribution in [0.15, 0.2) is 91.1 Å². The Hall–Kier alpha value is -9.35. The minimum Gasteiger partial charge on any atom is -0.479 e. The molecule has 4 bridgehead atoms. The van der Waals surface area contributed by atoms with E-state index < -0.39 is 72.4 Å². The first-order chi connectivity index (χ1) is 50.1. The van der Waals surface area contributed by atoms with Gasteiger partial charge < -0.3 is 83.9 Å². The highest BCUT2D eigenvalue weighted by molar-refractivity contribution is 7.22. The van der Waals surface area contributed by atoms with E-state index in [-0.39, 0.29) is 113 Å². The zero-order chi connectivity index (χ0) is 73.2. The molecule has 6 aromatic rings. The average Bonchev–Trinajstić information content (AvgIpc) is 1.03. The van der Waals surface area contributed by atoms with Gasteiger partial charge in [-0.3, -0.25) is 38.9 Å². The van der Waals surface area contributed by atoms with Crippen molar-refractivity contribution in [1.82, 2.24) is 34.9 Å². The summed E-state index contributed by atoms with van der Waals surface area (Å²) in [4.78, 5) is 114. The molecule has 3 aromatic carbocycles. The number of hydrogen-bond donors (Lipinski definition) is 8. The van der Waals surface area contributed by atoms with Crippen LogP contribution in [0.3, 0.4) is 0 Å². The number of imide groups is 1. The number of benzene rings is 3. The summed E-state index contributed by atoms with van der Waals surface area (Å²) in [5.74, 6) is -3.74. The van der Waals surface area contributed by atoms with E-state index in [2.05, 4.69) is 20.9 Å². The lowest BCUT2D eigenvalue weighted by Crippen LogP contribution is -2.61. The van der Waals surface area contributed by atoms with E-state index in [1.54, 1.807) is 12.3 Å². The summed E-state index contributed by atoms with van der Waals surface area (Å²) in [6, 6.07) is 21.3. The third-order valence-electron chi connectivity index (χ3n) is 19.7. The highest BCUT2D eigenvalue weighted by Crippen LogP contribution is 2.63. The molecule has 4 aliphatic carbocycles. The standard InChI is InChI=1S/C72H84N10O21S/c1-42-49(47-11-13-55(77-60(47)66(91)92)80-19-17-46-6-5-7-48(50(46)37-80)65(90)78-69-76-51-8-3-4-9-54(51)104-69)36-74-82(42)41-71-32-44-30-45(33-71)35-72(34-44,40-71)101-29-28-98-25-24-96-22-20-79(2)70(95)100-38-43-10-12-53(102-68-63(89)61(87)62(88)64(103-68)67(93)94)52(31-43)75-56(83)16-18-73-57(84)39-99-27-26-97-23-21-81-58(85)14-15-59(81)86/h3-15,31,36,44-45,61-64,68,87-89H,16-30,32-35,37-41H2,1-2H3,(H,73,84)(H,75,83)(H,91,92)(H,93,94)(H,76,78,90)/t44?,45?,61-,62-,63+,64-,68+,71?,72?/m0/s1. The number of aromatic nitrogens is 4. The summed E-state index contributed by atoms with van der Waals surface area (Å²) >= 11 is 1.41. The van der Waals surface area contributed by atoms with Crippen LogP contribution >= 0.6 is 11.3 Å². The highest BCUT2D eigenvalue weighted by Gasteiger charge is 2.59. The van der Waals surface area contributed by atoms with Crippen LogP contribution in [0.2, 0.25) is 0 Å². The van der Waals surface area contributed by atoms with Crippen LogP contribution in [0.5, 0.6) is 5.75 Å². The largest absolute Gasteiger partial charge is 0.479 e. The van der Waals surface area contributed by atoms with Gasteiger partial charge in [0.05, 0.1) is 87.1 Å². The molecule has 104 heavy (non-hydrogen) atoms. The Bertz CT molecular complexity index is 4140. The number of likely N-dealkylation sites (N-methyl/N-ethyl adjacent to an activating group) is 1. The van der Waals surface area contributed by atoms with Crippen LogP contribution in [0.1, 0.15) is 88.2 Å². The van der Waals surface area contributed by atoms with Crippen molar-refractivity contribution in [2.24, 2.45) is 17.3 Å². The number of pyridine rings is 1. The molecule has 0 spiro atoms. The van der Waals surface area contributed by atoms with Crippen molar-refractivity contribution >= 4 is 85.8 Å². The smallest absolute Gasteiger partial charge is 0.409 e. The summed E-state index contributed by atoms with van der Waals surface area (Å²) < 4.78 is 48.8. The van der Waals surface area contributed by atoms with Crippen LogP contribution in [0, 0.1) is 24.2 Å². The average molecular weight is 1460 g/mol. The van der Waals surface area contributed by atoms with Gasteiger partial charge in [0.15, 0.2) is 16.9 Å². The maximum absolute atomic E-state index is 13.8. The Morgan fingerprint density at radius 3 is 2.28 bits per heavy atom. The quantitative estimate of drug-likeness (QED) is 0.0200. The molecule has 2 unspecified atom stereocenters. The molecule has 6 amide bonds. The maximum atomic E-state index is 13.8. The molecule has 3 aliphatic heterocycles. The van der Waals surface area contributed by atoms with Crippen LogP contribution in [-0.2, 0) is 83.2 Å². The summed E-state index contributed by atoms with van der Waals surface area (Å²) in [5, 5.41) is 65.1. The van der Waals surface area contributed by atoms with E-state index in [1.165, 1.54) is 60.1 Å². The Morgan fingerprint density at radius 2 is 1.52 bits per heavy atom. The van der Waals surface area contributed by atoms with Crippen molar-refractivity contribution < 1.29 is 102 Å². The number of nitrogens with one attached hydrogen (secondary N) is 3. The number of ether oxygens (including phenoxy) is 8. The minimum absolute atomic E-state index is 0.0239. The summed E-state index contributed by atoms with van der Waals surface area (Å²) in [6.45, 7) is 4.66. The van der Waals surface area contributed by atoms with E-state index >= 15 is 0 Å². The number of aliphatic hydroxyl groups excluding tert-OH is 3. The number of nitrogens with zero attached hydrogens (tertiary/aromatic N) is 7. The van der Waals surface area contributed by atoms with Gasteiger partial charge in [0.2, 0.25) is 18.1 Å². The van der Waals surface area contributed by atoms with Gasteiger partial charge >= 0.3 is 18.0 Å². The fourth-order valence-electron chi connectivity index (χ4n) is 15.1. The molecule has 3 aromatic heterocycles. The molecule has 6 heterocycles. The lowest BCUT2D eigenvalue weighted by molar-refractivity contribution is -0.271. The molecule has 5 fully saturated rings.